The minimum absolute atomic E-state index is 0.254. The van der Waals surface area contributed by atoms with Crippen molar-refractivity contribution in [2.75, 3.05) is 5.32 Å². The summed E-state index contributed by atoms with van der Waals surface area (Å²) >= 11 is 0. The summed E-state index contributed by atoms with van der Waals surface area (Å²) in [6.45, 7) is 2.66. The molecule has 6 heteroatoms. The molecule has 0 aliphatic heterocycles. The number of fused-ring (bicyclic) bond motifs is 1. The Labute approximate surface area is 179 Å². The fourth-order valence-corrected chi connectivity index (χ4v) is 3.63. The number of carbonyl (C=O) groups excluding carboxylic acids is 1. The summed E-state index contributed by atoms with van der Waals surface area (Å²) in [5, 5.41) is 16.8. The van der Waals surface area contributed by atoms with Gasteiger partial charge in [-0.1, -0.05) is 72.3 Å². The second kappa shape index (κ2) is 7.91. The maximum absolute atomic E-state index is 12.6. The molecule has 0 saturated heterocycles. The molecule has 2 heterocycles. The first-order valence-corrected chi connectivity index (χ1v) is 10.1. The van der Waals surface area contributed by atoms with Crippen molar-refractivity contribution in [1.82, 2.24) is 20.0 Å². The first kappa shape index (κ1) is 18.8. The van der Waals surface area contributed by atoms with Gasteiger partial charge in [0.05, 0.1) is 24.1 Å². The Morgan fingerprint density at radius 1 is 1.03 bits per heavy atom. The van der Waals surface area contributed by atoms with Gasteiger partial charge in [0.25, 0.3) is 5.91 Å². The maximum Gasteiger partial charge on any atom is 0.273 e. The maximum atomic E-state index is 12.6. The molecular weight excluding hydrogens is 386 g/mol. The lowest BCUT2D eigenvalue weighted by atomic mass is 10.0. The molecule has 152 valence electrons. The largest absolute Gasteiger partial charge is 0.318 e. The summed E-state index contributed by atoms with van der Waals surface area (Å²) in [5.74, 6) is -0.254. The highest BCUT2D eigenvalue weighted by molar-refractivity contribution is 6.03. The van der Waals surface area contributed by atoms with E-state index >= 15 is 0 Å². The van der Waals surface area contributed by atoms with Crippen LogP contribution in [0.4, 0.5) is 5.69 Å². The average molecular weight is 407 g/mol. The van der Waals surface area contributed by atoms with Crippen LogP contribution in [0, 0.1) is 6.92 Å². The van der Waals surface area contributed by atoms with E-state index in [0.29, 0.717) is 17.9 Å². The van der Waals surface area contributed by atoms with Gasteiger partial charge in [0.15, 0.2) is 0 Å². The topological polar surface area (TPSA) is 75.6 Å². The fraction of sp³-hybridized carbons (Fsp3) is 0.0800. The highest BCUT2D eigenvalue weighted by Gasteiger charge is 2.12. The van der Waals surface area contributed by atoms with Crippen LogP contribution < -0.4 is 5.32 Å². The summed E-state index contributed by atoms with van der Waals surface area (Å²) in [6, 6.07) is 24.3. The van der Waals surface area contributed by atoms with Crippen LogP contribution in [0.3, 0.4) is 0 Å². The molecule has 0 aliphatic rings. The molecule has 0 aliphatic carbocycles. The first-order chi connectivity index (χ1) is 15.2. The summed E-state index contributed by atoms with van der Waals surface area (Å²) in [4.78, 5) is 12.6. The van der Waals surface area contributed by atoms with Crippen LogP contribution in [-0.4, -0.2) is 25.9 Å². The molecule has 0 radical (unpaired) electrons. The monoisotopic (exact) mass is 407 g/mol. The van der Waals surface area contributed by atoms with E-state index < -0.39 is 0 Å². The molecule has 2 aromatic heterocycles. The van der Waals surface area contributed by atoms with E-state index in [2.05, 4.69) is 44.9 Å². The minimum atomic E-state index is -0.254. The summed E-state index contributed by atoms with van der Waals surface area (Å²) in [7, 11) is 0. The molecule has 0 atom stereocenters. The van der Waals surface area contributed by atoms with Gasteiger partial charge in [-0.3, -0.25) is 14.6 Å². The number of benzene rings is 3. The first-order valence-electron chi connectivity index (χ1n) is 10.1. The van der Waals surface area contributed by atoms with Crippen LogP contribution in [-0.2, 0) is 6.54 Å². The van der Waals surface area contributed by atoms with E-state index in [-0.39, 0.29) is 5.91 Å². The van der Waals surface area contributed by atoms with Crippen molar-refractivity contribution in [2.24, 2.45) is 0 Å². The molecule has 3 aromatic carbocycles. The van der Waals surface area contributed by atoms with E-state index in [9.17, 15) is 4.79 Å². The third-order valence-corrected chi connectivity index (χ3v) is 5.27. The van der Waals surface area contributed by atoms with Crippen LogP contribution >= 0.6 is 0 Å². The third-order valence-electron chi connectivity index (χ3n) is 5.27. The lowest BCUT2D eigenvalue weighted by Gasteiger charge is -2.06. The smallest absolute Gasteiger partial charge is 0.273 e. The molecule has 5 rings (SSSR count). The Balaban J connectivity index is 1.29. The van der Waals surface area contributed by atoms with Crippen molar-refractivity contribution in [1.29, 1.82) is 0 Å². The number of aromatic amines is 1. The van der Waals surface area contributed by atoms with Gasteiger partial charge in [0.2, 0.25) is 0 Å². The summed E-state index contributed by atoms with van der Waals surface area (Å²) < 4.78 is 1.82. The number of anilines is 1. The van der Waals surface area contributed by atoms with E-state index in [1.165, 1.54) is 21.9 Å². The molecule has 2 N–H and O–H groups in total. The van der Waals surface area contributed by atoms with E-state index in [1.54, 1.807) is 12.3 Å². The highest BCUT2D eigenvalue weighted by atomic mass is 16.1. The molecule has 0 saturated carbocycles. The predicted molar refractivity (Wildman–Crippen MR) is 122 cm³/mol. The minimum Gasteiger partial charge on any atom is -0.318 e. The van der Waals surface area contributed by atoms with Crippen LogP contribution in [0.25, 0.3) is 22.0 Å². The number of H-pyrrole nitrogens is 1. The van der Waals surface area contributed by atoms with Gasteiger partial charge >= 0.3 is 0 Å². The molecule has 0 spiro atoms. The van der Waals surface area contributed by atoms with Gasteiger partial charge < -0.3 is 5.32 Å². The Bertz CT molecular complexity index is 1360. The van der Waals surface area contributed by atoms with Crippen molar-refractivity contribution >= 4 is 22.4 Å². The second-order valence-electron chi connectivity index (χ2n) is 7.55. The molecule has 0 bridgehead atoms. The number of hydrogen-bond acceptors (Lipinski definition) is 3. The highest BCUT2D eigenvalue weighted by Crippen LogP contribution is 2.21. The number of amides is 1. The predicted octanol–water partition coefficient (Wildman–Crippen LogP) is 5.04. The van der Waals surface area contributed by atoms with Gasteiger partial charge in [-0.05, 0) is 29.3 Å². The number of aryl methyl sites for hydroxylation is 1. The van der Waals surface area contributed by atoms with Crippen molar-refractivity contribution in [3.05, 3.63) is 102 Å². The Morgan fingerprint density at radius 3 is 2.71 bits per heavy atom. The number of aromatic nitrogens is 4. The van der Waals surface area contributed by atoms with E-state index in [0.717, 1.165) is 11.3 Å². The van der Waals surface area contributed by atoms with Crippen LogP contribution in [0.1, 0.15) is 21.6 Å². The Morgan fingerprint density at radius 2 is 1.84 bits per heavy atom. The van der Waals surface area contributed by atoms with Gasteiger partial charge in [-0.2, -0.15) is 10.2 Å². The number of carbonyl (C=O) groups is 1. The zero-order chi connectivity index (χ0) is 21.2. The molecule has 31 heavy (non-hydrogen) atoms. The number of nitrogens with one attached hydrogen (secondary N) is 2. The number of nitrogens with zero attached hydrogens (tertiary/aromatic N) is 3. The Kier molecular flexibility index (Phi) is 4.80. The number of hydrogen-bond donors (Lipinski definition) is 2. The SMILES string of the molecule is Cc1ccc(-c2cc(C(=O)Nc3cnn(Cc4cccc5ccccc45)c3)[nH]n2)cc1. The van der Waals surface area contributed by atoms with Gasteiger partial charge in [-0.15, -0.1) is 0 Å². The van der Waals surface area contributed by atoms with Gasteiger partial charge in [-0.25, -0.2) is 0 Å². The Hall–Kier alpha value is -4.19. The normalized spacial score (nSPS) is 11.0. The van der Waals surface area contributed by atoms with E-state index in [4.69, 9.17) is 0 Å². The zero-order valence-electron chi connectivity index (χ0n) is 17.0. The molecule has 6 nitrogen and oxygen atoms in total. The van der Waals surface area contributed by atoms with Crippen molar-refractivity contribution in [2.45, 2.75) is 13.5 Å². The van der Waals surface area contributed by atoms with Crippen LogP contribution in [0.15, 0.2) is 85.2 Å². The lowest BCUT2D eigenvalue weighted by molar-refractivity contribution is 0.102. The van der Waals surface area contributed by atoms with Crippen LogP contribution in [0.2, 0.25) is 0 Å². The third kappa shape index (κ3) is 3.96. The lowest BCUT2D eigenvalue weighted by Crippen LogP contribution is -2.11. The van der Waals surface area contributed by atoms with Crippen LogP contribution in [0.5, 0.6) is 0 Å². The number of rotatable bonds is 5. The van der Waals surface area contributed by atoms with Crippen molar-refractivity contribution in [3.8, 4) is 11.3 Å². The molecule has 1 amide bonds. The van der Waals surface area contributed by atoms with Gasteiger partial charge in [0.1, 0.15) is 5.69 Å². The molecule has 0 fully saturated rings. The van der Waals surface area contributed by atoms with Crippen molar-refractivity contribution in [3.63, 3.8) is 0 Å². The fourth-order valence-electron chi connectivity index (χ4n) is 3.63. The quantitative estimate of drug-likeness (QED) is 0.429. The molecule has 0 unspecified atom stereocenters. The van der Waals surface area contributed by atoms with Crippen molar-refractivity contribution < 1.29 is 4.79 Å². The van der Waals surface area contributed by atoms with E-state index in [1.807, 2.05) is 60.3 Å². The standard InChI is InChI=1S/C25H21N5O/c1-17-9-11-19(12-10-17)23-13-24(29-28-23)25(31)27-21-14-26-30(16-21)15-20-7-4-6-18-5-2-3-8-22(18)20/h2-14,16H,15H2,1H3,(H,27,31)(H,28,29). The zero-order valence-corrected chi connectivity index (χ0v) is 17.0. The second-order valence-corrected chi connectivity index (χ2v) is 7.55. The molecular formula is C25H21N5O. The average Bonchev–Trinajstić information content (AvgIpc) is 3.45. The molecule has 5 aromatic rings. The summed E-state index contributed by atoms with van der Waals surface area (Å²) in [5.41, 5.74) is 5.09. The summed E-state index contributed by atoms with van der Waals surface area (Å²) in [6.07, 6.45) is 3.48. The van der Waals surface area contributed by atoms with Gasteiger partial charge in [0, 0.05) is 11.8 Å².